The monoisotopic (exact) mass is 273 g/mol. The highest BCUT2D eigenvalue weighted by molar-refractivity contribution is 5.69. The van der Waals surface area contributed by atoms with Crippen LogP contribution in [0.3, 0.4) is 0 Å². The predicted octanol–water partition coefficient (Wildman–Crippen LogP) is 1.82. The second-order valence-electron chi connectivity index (χ2n) is 6.66. The molecule has 0 spiro atoms. The lowest BCUT2D eigenvalue weighted by Crippen LogP contribution is -2.49. The predicted molar refractivity (Wildman–Crippen MR) is 81.4 cm³/mol. The lowest BCUT2D eigenvalue weighted by molar-refractivity contribution is 0.482. The van der Waals surface area contributed by atoms with Crippen molar-refractivity contribution in [2.24, 2.45) is 0 Å². The third-order valence-electron chi connectivity index (χ3n) is 3.81. The molecular weight excluding hydrogens is 250 g/mol. The zero-order valence-electron chi connectivity index (χ0n) is 12.7. The fourth-order valence-corrected chi connectivity index (χ4v) is 2.64. The van der Waals surface area contributed by atoms with E-state index < -0.39 is 0 Å². The van der Waals surface area contributed by atoms with E-state index in [1.165, 1.54) is 0 Å². The quantitative estimate of drug-likeness (QED) is 0.861. The minimum atomic E-state index is 0.0556. The van der Waals surface area contributed by atoms with E-state index in [0.29, 0.717) is 6.04 Å². The van der Waals surface area contributed by atoms with Crippen LogP contribution in [0.4, 0.5) is 5.82 Å². The van der Waals surface area contributed by atoms with Gasteiger partial charge in [-0.3, -0.25) is 0 Å². The normalized spacial score (nSPS) is 20.6. The van der Waals surface area contributed by atoms with Gasteiger partial charge in [-0.2, -0.15) is 5.10 Å². The summed E-state index contributed by atoms with van der Waals surface area (Å²) in [5.74, 6) is 1.05. The van der Waals surface area contributed by atoms with Crippen LogP contribution in [-0.4, -0.2) is 40.3 Å². The van der Waals surface area contributed by atoms with Crippen molar-refractivity contribution in [1.82, 2.24) is 19.9 Å². The second kappa shape index (κ2) is 4.74. The van der Waals surface area contributed by atoms with E-state index in [1.807, 2.05) is 16.9 Å². The van der Waals surface area contributed by atoms with Crippen molar-refractivity contribution < 1.29 is 0 Å². The second-order valence-corrected chi connectivity index (χ2v) is 6.66. The van der Waals surface area contributed by atoms with Gasteiger partial charge in [0.15, 0.2) is 5.82 Å². The average Bonchev–Trinajstić information content (AvgIpc) is 2.82. The van der Waals surface area contributed by atoms with Crippen LogP contribution in [0.5, 0.6) is 0 Å². The average molecular weight is 273 g/mol. The molecule has 1 aliphatic rings. The summed E-state index contributed by atoms with van der Waals surface area (Å²) in [6.07, 6.45) is 3.77. The summed E-state index contributed by atoms with van der Waals surface area (Å²) in [6.45, 7) is 11.8. The molecule has 2 aromatic heterocycles. The van der Waals surface area contributed by atoms with Crippen LogP contribution >= 0.6 is 0 Å². The van der Waals surface area contributed by atoms with Gasteiger partial charge in [0.1, 0.15) is 5.52 Å². The molecule has 1 aliphatic heterocycles. The Morgan fingerprint density at radius 2 is 2.15 bits per heavy atom. The molecule has 5 nitrogen and oxygen atoms in total. The Hall–Kier alpha value is -1.62. The van der Waals surface area contributed by atoms with Crippen molar-refractivity contribution in [2.45, 2.75) is 39.2 Å². The molecule has 2 aromatic rings. The summed E-state index contributed by atoms with van der Waals surface area (Å²) in [7, 11) is 0. The van der Waals surface area contributed by atoms with Gasteiger partial charge in [-0.15, -0.1) is 0 Å². The number of nitrogens with one attached hydrogen (secondary N) is 1. The largest absolute Gasteiger partial charge is 0.352 e. The highest BCUT2D eigenvalue weighted by Crippen LogP contribution is 2.26. The number of anilines is 1. The molecule has 0 saturated carbocycles. The van der Waals surface area contributed by atoms with E-state index in [4.69, 9.17) is 5.10 Å². The zero-order chi connectivity index (χ0) is 14.3. The van der Waals surface area contributed by atoms with Crippen LogP contribution in [0.15, 0.2) is 18.5 Å². The maximum absolute atomic E-state index is 4.69. The first-order valence-electron chi connectivity index (χ1n) is 7.28. The minimum Gasteiger partial charge on any atom is -0.352 e. The summed E-state index contributed by atoms with van der Waals surface area (Å²) in [4.78, 5) is 6.95. The Morgan fingerprint density at radius 3 is 2.85 bits per heavy atom. The number of aromatic nitrogens is 3. The third-order valence-corrected chi connectivity index (χ3v) is 3.81. The number of nitrogens with zero attached hydrogens (tertiary/aromatic N) is 4. The van der Waals surface area contributed by atoms with Gasteiger partial charge >= 0.3 is 0 Å². The summed E-state index contributed by atoms with van der Waals surface area (Å²) in [5.41, 5.74) is 2.27. The van der Waals surface area contributed by atoms with Crippen molar-refractivity contribution in [3.05, 3.63) is 24.2 Å². The molecule has 3 rings (SSSR count). The molecule has 108 valence electrons. The van der Waals surface area contributed by atoms with Gasteiger partial charge in [-0.25, -0.2) is 9.50 Å². The molecule has 5 heteroatoms. The van der Waals surface area contributed by atoms with E-state index in [9.17, 15) is 0 Å². The first-order chi connectivity index (χ1) is 9.45. The molecule has 1 atom stereocenters. The molecule has 3 heterocycles. The summed E-state index contributed by atoms with van der Waals surface area (Å²) in [6, 6.07) is 2.67. The Morgan fingerprint density at radius 1 is 1.35 bits per heavy atom. The molecule has 1 N–H and O–H groups in total. The van der Waals surface area contributed by atoms with Crippen LogP contribution in [0.1, 0.15) is 33.4 Å². The number of rotatable bonds is 1. The van der Waals surface area contributed by atoms with Crippen LogP contribution in [0, 0.1) is 0 Å². The topological polar surface area (TPSA) is 45.5 Å². The smallest absolute Gasteiger partial charge is 0.154 e. The first kappa shape index (κ1) is 13.4. The Kier molecular flexibility index (Phi) is 3.17. The highest BCUT2D eigenvalue weighted by Gasteiger charge is 2.22. The SMILES string of the molecule is C[C@@H]1CN(c2nccn3nc(C(C)(C)C)cc23)CCN1. The molecular formula is C15H23N5. The fourth-order valence-electron chi connectivity index (χ4n) is 2.64. The van der Waals surface area contributed by atoms with Gasteiger partial charge in [0.2, 0.25) is 0 Å². The van der Waals surface area contributed by atoms with Crippen molar-refractivity contribution in [2.75, 3.05) is 24.5 Å². The van der Waals surface area contributed by atoms with Gasteiger partial charge in [-0.1, -0.05) is 20.8 Å². The Bertz CT molecular complexity index is 610. The highest BCUT2D eigenvalue weighted by atomic mass is 15.3. The van der Waals surface area contributed by atoms with E-state index in [1.54, 1.807) is 0 Å². The number of fused-ring (bicyclic) bond motifs is 1. The first-order valence-corrected chi connectivity index (χ1v) is 7.28. The van der Waals surface area contributed by atoms with Gasteiger partial charge in [-0.05, 0) is 13.0 Å². The maximum Gasteiger partial charge on any atom is 0.154 e. The number of hydrogen-bond donors (Lipinski definition) is 1. The number of hydrogen-bond acceptors (Lipinski definition) is 4. The minimum absolute atomic E-state index is 0.0556. The van der Waals surface area contributed by atoms with E-state index in [0.717, 1.165) is 36.7 Å². The van der Waals surface area contributed by atoms with E-state index >= 15 is 0 Å². The van der Waals surface area contributed by atoms with Crippen LogP contribution in [-0.2, 0) is 5.41 Å². The molecule has 0 unspecified atom stereocenters. The van der Waals surface area contributed by atoms with E-state index in [-0.39, 0.29) is 5.41 Å². The molecule has 1 saturated heterocycles. The van der Waals surface area contributed by atoms with Crippen molar-refractivity contribution in [3.8, 4) is 0 Å². The lowest BCUT2D eigenvalue weighted by atomic mass is 9.92. The third kappa shape index (κ3) is 2.38. The summed E-state index contributed by atoms with van der Waals surface area (Å²) >= 11 is 0. The van der Waals surface area contributed by atoms with Crippen LogP contribution < -0.4 is 10.2 Å². The fraction of sp³-hybridized carbons (Fsp3) is 0.600. The maximum atomic E-state index is 4.69. The molecule has 0 amide bonds. The van der Waals surface area contributed by atoms with Gasteiger partial charge < -0.3 is 10.2 Å². The molecule has 0 aromatic carbocycles. The van der Waals surface area contributed by atoms with Crippen molar-refractivity contribution in [3.63, 3.8) is 0 Å². The summed E-state index contributed by atoms with van der Waals surface area (Å²) in [5, 5.41) is 8.16. The lowest BCUT2D eigenvalue weighted by Gasteiger charge is -2.32. The van der Waals surface area contributed by atoms with Crippen LogP contribution in [0.2, 0.25) is 0 Å². The van der Waals surface area contributed by atoms with Gasteiger partial charge in [0, 0.05) is 43.5 Å². The molecule has 0 bridgehead atoms. The zero-order valence-corrected chi connectivity index (χ0v) is 12.7. The Labute approximate surface area is 120 Å². The molecule has 20 heavy (non-hydrogen) atoms. The van der Waals surface area contributed by atoms with E-state index in [2.05, 4.69) is 49.0 Å². The van der Waals surface area contributed by atoms with Gasteiger partial charge in [0.25, 0.3) is 0 Å². The van der Waals surface area contributed by atoms with Crippen molar-refractivity contribution >= 4 is 11.3 Å². The molecule has 1 fully saturated rings. The number of piperazine rings is 1. The molecule has 0 aliphatic carbocycles. The molecule has 0 radical (unpaired) electrons. The Balaban J connectivity index is 2.04. The van der Waals surface area contributed by atoms with Crippen LogP contribution in [0.25, 0.3) is 5.52 Å². The summed E-state index contributed by atoms with van der Waals surface area (Å²) < 4.78 is 1.95. The van der Waals surface area contributed by atoms with Crippen molar-refractivity contribution in [1.29, 1.82) is 0 Å². The standard InChI is InChI=1S/C15H23N5/c1-11-10-19(7-5-16-11)14-12-9-13(15(2,3)4)18-20(12)8-6-17-14/h6,8-9,11,16H,5,7,10H2,1-4H3/t11-/m1/s1. The van der Waals surface area contributed by atoms with Gasteiger partial charge in [0.05, 0.1) is 5.69 Å².